The number of carboxylic acid groups (broad SMARTS) is 1. The number of anilines is 1. The van der Waals surface area contributed by atoms with E-state index < -0.39 is 5.97 Å². The lowest BCUT2D eigenvalue weighted by Gasteiger charge is -2.36. The van der Waals surface area contributed by atoms with Crippen LogP contribution in [-0.2, 0) is 0 Å². The maximum atomic E-state index is 10.7. The minimum absolute atomic E-state index is 0.0380. The highest BCUT2D eigenvalue weighted by Crippen LogP contribution is 2.35. The lowest BCUT2D eigenvalue weighted by atomic mass is 9.74. The number of aliphatic hydroxyl groups excluding tert-OH is 1. The van der Waals surface area contributed by atoms with Crippen molar-refractivity contribution in [1.29, 1.82) is 0 Å². The molecule has 0 unspecified atom stereocenters. The molecule has 0 aromatic carbocycles. The summed E-state index contributed by atoms with van der Waals surface area (Å²) in [5.41, 5.74) is 0.799. The summed E-state index contributed by atoms with van der Waals surface area (Å²) in [5, 5.41) is 21.6. The normalized spacial score (nSPS) is 17.9. The van der Waals surface area contributed by atoms with Gasteiger partial charge in [0.15, 0.2) is 0 Å². The SMILES string of the molecule is O=C(O)c1ccc(NCC2(CO)CCCCC2)cn1. The Kier molecular flexibility index (Phi) is 4.37. The van der Waals surface area contributed by atoms with Crippen LogP contribution in [0.5, 0.6) is 0 Å². The third-order valence-electron chi connectivity index (χ3n) is 3.90. The number of rotatable bonds is 5. The highest BCUT2D eigenvalue weighted by atomic mass is 16.4. The van der Waals surface area contributed by atoms with Crippen LogP contribution in [0.1, 0.15) is 42.6 Å². The molecule has 1 fully saturated rings. The van der Waals surface area contributed by atoms with E-state index in [0.29, 0.717) is 6.54 Å². The molecule has 2 rings (SSSR count). The molecule has 0 bridgehead atoms. The van der Waals surface area contributed by atoms with E-state index in [4.69, 9.17) is 5.11 Å². The summed E-state index contributed by atoms with van der Waals surface area (Å²) in [4.78, 5) is 14.6. The maximum absolute atomic E-state index is 10.7. The first-order valence-corrected chi connectivity index (χ1v) is 6.69. The van der Waals surface area contributed by atoms with Crippen LogP contribution >= 0.6 is 0 Å². The molecule has 0 radical (unpaired) electrons. The number of aromatic carboxylic acids is 1. The molecule has 3 N–H and O–H groups in total. The van der Waals surface area contributed by atoms with E-state index in [9.17, 15) is 9.90 Å². The number of pyridine rings is 1. The van der Waals surface area contributed by atoms with E-state index in [1.165, 1.54) is 31.5 Å². The van der Waals surface area contributed by atoms with Crippen molar-refractivity contribution in [1.82, 2.24) is 4.98 Å². The van der Waals surface area contributed by atoms with E-state index in [0.717, 1.165) is 18.5 Å². The molecule has 1 aromatic rings. The van der Waals surface area contributed by atoms with Gasteiger partial charge in [0.2, 0.25) is 0 Å². The Morgan fingerprint density at radius 2 is 2.05 bits per heavy atom. The van der Waals surface area contributed by atoms with Crippen LogP contribution in [0.3, 0.4) is 0 Å². The zero-order valence-electron chi connectivity index (χ0n) is 10.9. The molecular weight excluding hydrogens is 244 g/mol. The number of carbonyl (C=O) groups is 1. The quantitative estimate of drug-likeness (QED) is 0.759. The Morgan fingerprint density at radius 3 is 2.58 bits per heavy atom. The van der Waals surface area contributed by atoms with Gasteiger partial charge in [-0.3, -0.25) is 0 Å². The summed E-state index contributed by atoms with van der Waals surface area (Å²) in [6, 6.07) is 3.20. The summed E-state index contributed by atoms with van der Waals surface area (Å²) in [7, 11) is 0. The lowest BCUT2D eigenvalue weighted by Crippen LogP contribution is -2.35. The number of nitrogens with zero attached hydrogens (tertiary/aromatic N) is 1. The van der Waals surface area contributed by atoms with E-state index in [-0.39, 0.29) is 17.7 Å². The number of aliphatic hydroxyl groups is 1. The molecule has 1 saturated carbocycles. The van der Waals surface area contributed by atoms with Crippen molar-refractivity contribution >= 4 is 11.7 Å². The second kappa shape index (κ2) is 6.02. The minimum Gasteiger partial charge on any atom is -0.477 e. The van der Waals surface area contributed by atoms with Gasteiger partial charge in [-0.1, -0.05) is 19.3 Å². The molecule has 0 atom stereocenters. The predicted octanol–water partition coefficient (Wildman–Crippen LogP) is 2.13. The Hall–Kier alpha value is -1.62. The molecule has 0 spiro atoms. The fraction of sp³-hybridized carbons (Fsp3) is 0.571. The minimum atomic E-state index is -1.02. The van der Waals surface area contributed by atoms with Crippen LogP contribution in [0.2, 0.25) is 0 Å². The number of hydrogen-bond donors (Lipinski definition) is 3. The van der Waals surface area contributed by atoms with Gasteiger partial charge in [-0.2, -0.15) is 0 Å². The summed E-state index contributed by atoms with van der Waals surface area (Å²) in [5.74, 6) is -1.02. The molecule has 1 heterocycles. The van der Waals surface area contributed by atoms with Gasteiger partial charge in [-0.25, -0.2) is 9.78 Å². The monoisotopic (exact) mass is 264 g/mol. The van der Waals surface area contributed by atoms with Crippen molar-refractivity contribution in [2.75, 3.05) is 18.5 Å². The molecule has 0 aliphatic heterocycles. The second-order valence-corrected chi connectivity index (χ2v) is 5.31. The van der Waals surface area contributed by atoms with Crippen molar-refractivity contribution in [3.8, 4) is 0 Å². The fourth-order valence-electron chi connectivity index (χ4n) is 2.61. The van der Waals surface area contributed by atoms with Crippen LogP contribution in [0.4, 0.5) is 5.69 Å². The van der Waals surface area contributed by atoms with Gasteiger partial charge in [-0.15, -0.1) is 0 Å². The summed E-state index contributed by atoms with van der Waals surface area (Å²) in [6.45, 7) is 0.901. The Morgan fingerprint density at radius 1 is 1.32 bits per heavy atom. The molecule has 5 nitrogen and oxygen atoms in total. The van der Waals surface area contributed by atoms with Gasteiger partial charge in [0.05, 0.1) is 18.5 Å². The number of nitrogens with one attached hydrogen (secondary N) is 1. The van der Waals surface area contributed by atoms with Crippen LogP contribution in [-0.4, -0.2) is 34.3 Å². The maximum Gasteiger partial charge on any atom is 0.354 e. The average Bonchev–Trinajstić information content (AvgIpc) is 2.46. The van der Waals surface area contributed by atoms with E-state index in [1.54, 1.807) is 6.07 Å². The number of aromatic nitrogens is 1. The van der Waals surface area contributed by atoms with Gasteiger partial charge in [-0.05, 0) is 25.0 Å². The molecule has 1 aromatic heterocycles. The number of hydrogen-bond acceptors (Lipinski definition) is 4. The summed E-state index contributed by atoms with van der Waals surface area (Å²) < 4.78 is 0. The van der Waals surface area contributed by atoms with Crippen LogP contribution in [0, 0.1) is 5.41 Å². The highest BCUT2D eigenvalue weighted by molar-refractivity contribution is 5.85. The molecule has 1 aliphatic rings. The molecule has 104 valence electrons. The Balaban J connectivity index is 1.95. The highest BCUT2D eigenvalue weighted by Gasteiger charge is 2.31. The van der Waals surface area contributed by atoms with Gasteiger partial charge in [0.1, 0.15) is 5.69 Å². The zero-order chi connectivity index (χ0) is 13.7. The molecular formula is C14H20N2O3. The van der Waals surface area contributed by atoms with Gasteiger partial charge in [0, 0.05) is 12.0 Å². The van der Waals surface area contributed by atoms with Gasteiger partial charge >= 0.3 is 5.97 Å². The Bertz CT molecular complexity index is 425. The average molecular weight is 264 g/mol. The van der Waals surface area contributed by atoms with E-state index in [2.05, 4.69) is 10.3 Å². The third kappa shape index (κ3) is 3.44. The van der Waals surface area contributed by atoms with Crippen LogP contribution in [0.25, 0.3) is 0 Å². The topological polar surface area (TPSA) is 82.5 Å². The first-order valence-electron chi connectivity index (χ1n) is 6.69. The van der Waals surface area contributed by atoms with Crippen molar-refractivity contribution in [2.45, 2.75) is 32.1 Å². The molecule has 5 heteroatoms. The van der Waals surface area contributed by atoms with Crippen molar-refractivity contribution < 1.29 is 15.0 Å². The predicted molar refractivity (Wildman–Crippen MR) is 72.3 cm³/mol. The molecule has 1 aliphatic carbocycles. The molecule has 0 saturated heterocycles. The summed E-state index contributed by atoms with van der Waals surface area (Å²) >= 11 is 0. The standard InChI is InChI=1S/C14H20N2O3/c17-10-14(6-2-1-3-7-14)9-16-11-4-5-12(13(18)19)15-8-11/h4-5,8,16-17H,1-3,6-7,9-10H2,(H,18,19). The largest absolute Gasteiger partial charge is 0.477 e. The van der Waals surface area contributed by atoms with Gasteiger partial charge < -0.3 is 15.5 Å². The first kappa shape index (κ1) is 13.8. The van der Waals surface area contributed by atoms with E-state index in [1.807, 2.05) is 0 Å². The Labute approximate surface area is 112 Å². The smallest absolute Gasteiger partial charge is 0.354 e. The van der Waals surface area contributed by atoms with Crippen LogP contribution in [0.15, 0.2) is 18.3 Å². The van der Waals surface area contributed by atoms with Crippen molar-refractivity contribution in [3.63, 3.8) is 0 Å². The van der Waals surface area contributed by atoms with Crippen LogP contribution < -0.4 is 5.32 Å². The van der Waals surface area contributed by atoms with Crippen molar-refractivity contribution in [3.05, 3.63) is 24.0 Å². The number of carboxylic acids is 1. The molecule has 0 amide bonds. The third-order valence-corrected chi connectivity index (χ3v) is 3.90. The fourth-order valence-corrected chi connectivity index (χ4v) is 2.61. The van der Waals surface area contributed by atoms with Crippen molar-refractivity contribution in [2.24, 2.45) is 5.41 Å². The zero-order valence-corrected chi connectivity index (χ0v) is 10.9. The van der Waals surface area contributed by atoms with E-state index >= 15 is 0 Å². The lowest BCUT2D eigenvalue weighted by molar-refractivity contribution is 0.0690. The van der Waals surface area contributed by atoms with Gasteiger partial charge in [0.25, 0.3) is 0 Å². The summed E-state index contributed by atoms with van der Waals surface area (Å²) in [6.07, 6.45) is 7.18. The first-order chi connectivity index (χ1) is 9.15. The molecule has 19 heavy (non-hydrogen) atoms. The second-order valence-electron chi connectivity index (χ2n) is 5.31.